The number of ether oxygens (including phenoxy) is 2. The minimum absolute atomic E-state index is 0.0812. The average Bonchev–Trinajstić information content (AvgIpc) is 2.83. The van der Waals surface area contributed by atoms with Crippen molar-refractivity contribution in [3.05, 3.63) is 65.7 Å². The van der Waals surface area contributed by atoms with Gasteiger partial charge in [-0.1, -0.05) is 56.3 Å². The number of hydrogen-bond acceptors (Lipinski definition) is 6. The molecule has 34 heavy (non-hydrogen) atoms. The zero-order valence-electron chi connectivity index (χ0n) is 19.5. The summed E-state index contributed by atoms with van der Waals surface area (Å²) in [5, 5.41) is 2.12. The number of hydrogen-bond donors (Lipinski definition) is 1. The quantitative estimate of drug-likeness (QED) is 0.614. The molecule has 1 atom stereocenters. The summed E-state index contributed by atoms with van der Waals surface area (Å²) in [6.45, 7) is 5.02. The summed E-state index contributed by atoms with van der Waals surface area (Å²) >= 11 is 1.38. The Morgan fingerprint density at radius 1 is 1.09 bits per heavy atom. The van der Waals surface area contributed by atoms with Crippen molar-refractivity contribution < 1.29 is 23.9 Å². The summed E-state index contributed by atoms with van der Waals surface area (Å²) in [7, 11) is 0. The van der Waals surface area contributed by atoms with E-state index in [4.69, 9.17) is 9.47 Å². The van der Waals surface area contributed by atoms with Gasteiger partial charge in [-0.3, -0.25) is 9.59 Å². The van der Waals surface area contributed by atoms with Crippen LogP contribution in [-0.2, 0) is 16.1 Å². The second-order valence-corrected chi connectivity index (χ2v) is 10.7. The van der Waals surface area contributed by atoms with E-state index in [9.17, 15) is 14.4 Å². The van der Waals surface area contributed by atoms with Gasteiger partial charge in [-0.05, 0) is 17.7 Å². The van der Waals surface area contributed by atoms with Crippen LogP contribution in [0.3, 0.4) is 0 Å². The van der Waals surface area contributed by atoms with E-state index < -0.39 is 17.1 Å². The smallest absolute Gasteiger partial charge is 0.408 e. The molecule has 2 aliphatic rings. The molecule has 1 saturated heterocycles. The molecule has 2 amide bonds. The Balaban J connectivity index is 1.35. The highest BCUT2D eigenvalue weighted by atomic mass is 32.2. The third-order valence-corrected chi connectivity index (χ3v) is 7.21. The van der Waals surface area contributed by atoms with Gasteiger partial charge in [-0.15, -0.1) is 11.8 Å². The van der Waals surface area contributed by atoms with Gasteiger partial charge in [0.05, 0.1) is 12.0 Å². The molecular formula is C26H30N2O5S. The number of para-hydroxylation sites is 1. The highest BCUT2D eigenvalue weighted by molar-refractivity contribution is 8.01. The number of rotatable bonds is 6. The average molecular weight is 483 g/mol. The van der Waals surface area contributed by atoms with Crippen molar-refractivity contribution in [2.75, 3.05) is 13.1 Å². The number of nitrogens with zero attached hydrogens (tertiary/aromatic N) is 1. The van der Waals surface area contributed by atoms with Crippen LogP contribution in [0.5, 0.6) is 5.75 Å². The van der Waals surface area contributed by atoms with Crippen molar-refractivity contribution in [1.29, 1.82) is 0 Å². The molecule has 8 heteroatoms. The van der Waals surface area contributed by atoms with Crippen LogP contribution in [0, 0.1) is 0 Å². The summed E-state index contributed by atoms with van der Waals surface area (Å²) in [5.74, 6) is 0.542. The van der Waals surface area contributed by atoms with E-state index in [1.807, 2.05) is 62.4 Å². The number of Topliss-reactive ketones (excluding diaryl/α,β-unsaturated/α-hetero) is 1. The Morgan fingerprint density at radius 2 is 1.76 bits per heavy atom. The number of carbonyl (C=O) groups excluding carboxylic acids is 3. The lowest BCUT2D eigenvalue weighted by Crippen LogP contribution is -2.55. The van der Waals surface area contributed by atoms with E-state index in [0.29, 0.717) is 43.7 Å². The Morgan fingerprint density at radius 3 is 2.47 bits per heavy atom. The lowest BCUT2D eigenvalue weighted by atomic mass is 9.82. The minimum Gasteiger partial charge on any atom is -0.486 e. The fourth-order valence-corrected chi connectivity index (χ4v) is 5.29. The van der Waals surface area contributed by atoms with Gasteiger partial charge < -0.3 is 19.7 Å². The van der Waals surface area contributed by atoms with Crippen LogP contribution in [0.4, 0.5) is 4.79 Å². The molecule has 180 valence electrons. The summed E-state index contributed by atoms with van der Waals surface area (Å²) in [6.07, 6.45) is 0.828. The second kappa shape index (κ2) is 10.5. The molecular weight excluding hydrogens is 452 g/mol. The van der Waals surface area contributed by atoms with E-state index in [1.54, 1.807) is 11.0 Å². The van der Waals surface area contributed by atoms with Gasteiger partial charge in [0.1, 0.15) is 18.0 Å². The number of alkyl carbamates (subject to hydrolysis) is 1. The molecule has 1 fully saturated rings. The Bertz CT molecular complexity index is 1030. The summed E-state index contributed by atoms with van der Waals surface area (Å²) in [4.78, 5) is 40.1. The number of carbonyl (C=O) groups is 3. The molecule has 0 saturated carbocycles. The van der Waals surface area contributed by atoms with Crippen LogP contribution in [0.2, 0.25) is 0 Å². The molecule has 2 aromatic rings. The lowest BCUT2D eigenvalue weighted by Gasteiger charge is -2.44. The molecule has 0 aliphatic carbocycles. The standard InChI is InChI=1S/C26H30N2O5S/c1-18(2)34-23(27-25(31)32-17-19-8-4-3-5-9-19)24(30)28-14-12-26(13-15-28)16-21(29)20-10-6-7-11-22(20)33-26/h3-11,18,23H,12-17H2,1-2H3,(H,27,31). The fourth-order valence-electron chi connectivity index (χ4n) is 4.32. The lowest BCUT2D eigenvalue weighted by molar-refractivity contribution is -0.134. The SMILES string of the molecule is CC(C)SC(NC(=O)OCc1ccccc1)C(=O)N1CCC2(CC1)CC(=O)c1ccccc1O2. The van der Waals surface area contributed by atoms with Gasteiger partial charge >= 0.3 is 6.09 Å². The number of thioether (sulfide) groups is 1. The molecule has 0 bridgehead atoms. The first-order valence-electron chi connectivity index (χ1n) is 11.6. The molecule has 1 unspecified atom stereocenters. The van der Waals surface area contributed by atoms with E-state index >= 15 is 0 Å². The molecule has 0 radical (unpaired) electrons. The van der Waals surface area contributed by atoms with E-state index in [1.165, 1.54) is 11.8 Å². The Labute approximate surface area is 204 Å². The number of benzene rings is 2. The number of piperidine rings is 1. The summed E-state index contributed by atoms with van der Waals surface area (Å²) in [5.41, 5.74) is 0.922. The minimum atomic E-state index is -0.744. The fraction of sp³-hybridized carbons (Fsp3) is 0.423. The zero-order valence-corrected chi connectivity index (χ0v) is 20.3. The van der Waals surface area contributed by atoms with Crippen molar-refractivity contribution in [3.63, 3.8) is 0 Å². The monoisotopic (exact) mass is 482 g/mol. The van der Waals surface area contributed by atoms with Crippen LogP contribution >= 0.6 is 11.8 Å². The molecule has 2 heterocycles. The predicted molar refractivity (Wildman–Crippen MR) is 131 cm³/mol. The highest BCUT2D eigenvalue weighted by Gasteiger charge is 2.44. The van der Waals surface area contributed by atoms with Crippen molar-refractivity contribution in [3.8, 4) is 5.75 Å². The van der Waals surface area contributed by atoms with Crippen molar-refractivity contribution in [2.24, 2.45) is 0 Å². The van der Waals surface area contributed by atoms with Crippen LogP contribution in [0.15, 0.2) is 54.6 Å². The topological polar surface area (TPSA) is 84.9 Å². The molecule has 4 rings (SSSR count). The second-order valence-electron chi connectivity index (χ2n) is 8.98. The van der Waals surface area contributed by atoms with E-state index in [-0.39, 0.29) is 23.5 Å². The number of nitrogens with one attached hydrogen (secondary N) is 1. The van der Waals surface area contributed by atoms with Crippen molar-refractivity contribution >= 4 is 29.5 Å². The van der Waals surface area contributed by atoms with Gasteiger partial charge in [0, 0.05) is 31.2 Å². The van der Waals surface area contributed by atoms with Gasteiger partial charge in [0.15, 0.2) is 11.2 Å². The van der Waals surface area contributed by atoms with Crippen LogP contribution < -0.4 is 10.1 Å². The van der Waals surface area contributed by atoms with Crippen LogP contribution in [0.25, 0.3) is 0 Å². The molecule has 1 N–H and O–H groups in total. The first-order chi connectivity index (χ1) is 16.3. The zero-order chi connectivity index (χ0) is 24.1. The van der Waals surface area contributed by atoms with Crippen LogP contribution in [-0.4, -0.2) is 52.0 Å². The van der Waals surface area contributed by atoms with Crippen LogP contribution in [0.1, 0.15) is 49.0 Å². The maximum Gasteiger partial charge on any atom is 0.408 e. The third-order valence-electron chi connectivity index (χ3n) is 6.08. The van der Waals surface area contributed by atoms with Gasteiger partial charge in [-0.25, -0.2) is 4.79 Å². The molecule has 1 spiro atoms. The maximum atomic E-state index is 13.3. The Hall–Kier alpha value is -3.00. The number of amides is 2. The maximum absolute atomic E-state index is 13.3. The number of fused-ring (bicyclic) bond motifs is 1. The normalized spacial score (nSPS) is 17.6. The van der Waals surface area contributed by atoms with Gasteiger partial charge in [-0.2, -0.15) is 0 Å². The predicted octanol–water partition coefficient (Wildman–Crippen LogP) is 4.41. The van der Waals surface area contributed by atoms with Crippen molar-refractivity contribution in [1.82, 2.24) is 10.2 Å². The third kappa shape index (κ3) is 5.73. The number of likely N-dealkylation sites (tertiary alicyclic amines) is 1. The first kappa shape index (κ1) is 24.1. The first-order valence-corrected chi connectivity index (χ1v) is 12.5. The van der Waals surface area contributed by atoms with E-state index in [0.717, 1.165) is 5.56 Å². The summed E-state index contributed by atoms with van der Waals surface area (Å²) < 4.78 is 11.6. The Kier molecular flexibility index (Phi) is 7.46. The van der Waals surface area contributed by atoms with Gasteiger partial charge in [0.25, 0.3) is 5.91 Å². The summed E-state index contributed by atoms with van der Waals surface area (Å²) in [6, 6.07) is 16.7. The highest BCUT2D eigenvalue weighted by Crippen LogP contribution is 2.39. The van der Waals surface area contributed by atoms with Gasteiger partial charge in [0.2, 0.25) is 0 Å². The van der Waals surface area contributed by atoms with Crippen molar-refractivity contribution in [2.45, 2.75) is 55.9 Å². The van der Waals surface area contributed by atoms with E-state index in [2.05, 4.69) is 5.32 Å². The number of ketones is 1. The molecule has 0 aromatic heterocycles. The largest absolute Gasteiger partial charge is 0.486 e. The molecule has 2 aliphatic heterocycles. The molecule has 7 nitrogen and oxygen atoms in total. The molecule has 2 aromatic carbocycles.